The third-order valence-corrected chi connectivity index (χ3v) is 4.78. The van der Waals surface area contributed by atoms with Crippen molar-refractivity contribution in [1.82, 2.24) is 5.32 Å². The largest absolute Gasteiger partial charge is 0.508 e. The number of fused-ring (bicyclic) bond motifs is 4. The van der Waals surface area contributed by atoms with E-state index in [1.54, 1.807) is 12.1 Å². The van der Waals surface area contributed by atoms with E-state index in [-0.39, 0.29) is 11.2 Å². The van der Waals surface area contributed by atoms with Crippen molar-refractivity contribution in [2.75, 3.05) is 6.54 Å². The van der Waals surface area contributed by atoms with Crippen molar-refractivity contribution in [3.8, 4) is 5.75 Å². The quantitative estimate of drug-likeness (QED) is 0.637. The van der Waals surface area contributed by atoms with E-state index < -0.39 is 5.60 Å². The molecule has 1 aromatic carbocycles. The average molecular weight is 233 g/mol. The summed E-state index contributed by atoms with van der Waals surface area (Å²) in [7, 11) is 0. The summed E-state index contributed by atoms with van der Waals surface area (Å²) in [5.74, 6) is 0.241. The van der Waals surface area contributed by atoms with Crippen LogP contribution in [0.15, 0.2) is 18.2 Å². The molecule has 3 nitrogen and oxygen atoms in total. The molecule has 3 heteroatoms. The SMILES string of the molecule is CC1(C)[C@@H]2Cc3ccc(O)cc3[C@@]1(O)CCN2. The number of piperidine rings is 1. The van der Waals surface area contributed by atoms with Gasteiger partial charge in [0.2, 0.25) is 0 Å². The van der Waals surface area contributed by atoms with Gasteiger partial charge in [-0.05, 0) is 42.6 Å². The number of rotatable bonds is 0. The highest BCUT2D eigenvalue weighted by Gasteiger charge is 2.55. The zero-order valence-electron chi connectivity index (χ0n) is 10.3. The molecule has 0 aromatic heterocycles. The van der Waals surface area contributed by atoms with Gasteiger partial charge in [-0.15, -0.1) is 0 Å². The van der Waals surface area contributed by atoms with Crippen molar-refractivity contribution in [3.63, 3.8) is 0 Å². The number of hydrogen-bond acceptors (Lipinski definition) is 3. The lowest BCUT2D eigenvalue weighted by atomic mass is 9.57. The summed E-state index contributed by atoms with van der Waals surface area (Å²) in [6.07, 6.45) is 1.62. The molecule has 92 valence electrons. The lowest BCUT2D eigenvalue weighted by Gasteiger charge is -2.55. The van der Waals surface area contributed by atoms with Crippen LogP contribution in [-0.2, 0) is 12.0 Å². The number of phenols is 1. The maximum Gasteiger partial charge on any atom is 0.115 e. The Labute approximate surface area is 101 Å². The van der Waals surface area contributed by atoms with E-state index in [9.17, 15) is 10.2 Å². The van der Waals surface area contributed by atoms with Crippen molar-refractivity contribution in [1.29, 1.82) is 0 Å². The smallest absolute Gasteiger partial charge is 0.115 e. The van der Waals surface area contributed by atoms with Crippen LogP contribution in [0.1, 0.15) is 31.4 Å². The summed E-state index contributed by atoms with van der Waals surface area (Å²) >= 11 is 0. The zero-order valence-corrected chi connectivity index (χ0v) is 10.3. The fraction of sp³-hybridized carbons (Fsp3) is 0.571. The molecule has 2 bridgehead atoms. The van der Waals surface area contributed by atoms with Crippen molar-refractivity contribution in [2.24, 2.45) is 5.41 Å². The number of nitrogens with one attached hydrogen (secondary N) is 1. The molecule has 0 radical (unpaired) electrons. The highest BCUT2D eigenvalue weighted by Crippen LogP contribution is 2.52. The van der Waals surface area contributed by atoms with Crippen LogP contribution in [0.3, 0.4) is 0 Å². The Morgan fingerprint density at radius 1 is 1.35 bits per heavy atom. The first-order chi connectivity index (χ1) is 7.95. The first-order valence-corrected chi connectivity index (χ1v) is 6.23. The van der Waals surface area contributed by atoms with E-state index in [0.29, 0.717) is 12.5 Å². The number of phenolic OH excluding ortho intramolecular Hbond substituents is 1. The van der Waals surface area contributed by atoms with Crippen LogP contribution >= 0.6 is 0 Å². The molecule has 1 aliphatic carbocycles. The molecule has 0 spiro atoms. The van der Waals surface area contributed by atoms with Gasteiger partial charge in [0, 0.05) is 11.5 Å². The first kappa shape index (κ1) is 11.1. The Kier molecular flexibility index (Phi) is 2.11. The number of aliphatic hydroxyl groups is 1. The van der Waals surface area contributed by atoms with Crippen molar-refractivity contribution < 1.29 is 10.2 Å². The summed E-state index contributed by atoms with van der Waals surface area (Å²) < 4.78 is 0. The fourth-order valence-electron chi connectivity index (χ4n) is 3.45. The Bertz CT molecular complexity index is 469. The third kappa shape index (κ3) is 1.30. The second-order valence-corrected chi connectivity index (χ2v) is 5.88. The Morgan fingerprint density at radius 2 is 2.12 bits per heavy atom. The maximum absolute atomic E-state index is 11.1. The predicted molar refractivity (Wildman–Crippen MR) is 65.9 cm³/mol. The normalized spacial score (nSPS) is 34.2. The van der Waals surface area contributed by atoms with Crippen LogP contribution in [0.4, 0.5) is 0 Å². The van der Waals surface area contributed by atoms with Crippen LogP contribution in [0.25, 0.3) is 0 Å². The summed E-state index contributed by atoms with van der Waals surface area (Å²) in [6.45, 7) is 5.05. The van der Waals surface area contributed by atoms with Crippen molar-refractivity contribution in [2.45, 2.75) is 38.3 Å². The maximum atomic E-state index is 11.1. The van der Waals surface area contributed by atoms with Crippen molar-refractivity contribution >= 4 is 0 Å². The zero-order chi connectivity index (χ0) is 12.3. The molecule has 0 amide bonds. The molecule has 3 rings (SSSR count). The molecule has 0 saturated carbocycles. The van der Waals surface area contributed by atoms with Gasteiger partial charge < -0.3 is 15.5 Å². The molecular weight excluding hydrogens is 214 g/mol. The Hall–Kier alpha value is -1.06. The number of hydrogen-bond donors (Lipinski definition) is 3. The van der Waals surface area contributed by atoms with Crippen LogP contribution in [-0.4, -0.2) is 22.8 Å². The standard InChI is InChI=1S/C14H19NO2/c1-13(2)12-7-9-3-4-10(16)8-11(9)14(13,17)5-6-15-12/h3-4,8,12,15-17H,5-7H2,1-2H3/t12-,14-/m0/s1. The second kappa shape index (κ2) is 3.24. The van der Waals surface area contributed by atoms with Gasteiger partial charge >= 0.3 is 0 Å². The lowest BCUT2D eigenvalue weighted by Crippen LogP contribution is -2.63. The minimum Gasteiger partial charge on any atom is -0.508 e. The van der Waals surface area contributed by atoms with Crippen LogP contribution in [0.5, 0.6) is 5.75 Å². The van der Waals surface area contributed by atoms with E-state index in [1.165, 1.54) is 0 Å². The molecule has 1 heterocycles. The number of aromatic hydroxyl groups is 1. The Morgan fingerprint density at radius 3 is 2.88 bits per heavy atom. The molecule has 17 heavy (non-hydrogen) atoms. The molecule has 1 aromatic rings. The lowest BCUT2D eigenvalue weighted by molar-refractivity contribution is -0.125. The molecule has 0 unspecified atom stereocenters. The molecule has 2 aliphatic rings. The van der Waals surface area contributed by atoms with E-state index in [1.807, 2.05) is 6.07 Å². The summed E-state index contributed by atoms with van der Waals surface area (Å²) in [5.41, 5.74) is 1.04. The van der Waals surface area contributed by atoms with Crippen LogP contribution < -0.4 is 5.32 Å². The van der Waals surface area contributed by atoms with Gasteiger partial charge in [0.05, 0.1) is 5.60 Å². The minimum absolute atomic E-state index is 0.202. The van der Waals surface area contributed by atoms with E-state index >= 15 is 0 Å². The van der Waals surface area contributed by atoms with Gasteiger partial charge in [-0.1, -0.05) is 19.9 Å². The van der Waals surface area contributed by atoms with Gasteiger partial charge in [0.15, 0.2) is 0 Å². The Balaban J connectivity index is 2.23. The second-order valence-electron chi connectivity index (χ2n) is 5.88. The molecule has 2 atom stereocenters. The molecule has 1 aliphatic heterocycles. The molecule has 1 fully saturated rings. The fourth-order valence-corrected chi connectivity index (χ4v) is 3.45. The van der Waals surface area contributed by atoms with Crippen molar-refractivity contribution in [3.05, 3.63) is 29.3 Å². The summed E-state index contributed by atoms with van der Waals surface area (Å²) in [6, 6.07) is 5.68. The summed E-state index contributed by atoms with van der Waals surface area (Å²) in [5, 5.41) is 24.2. The predicted octanol–water partition coefficient (Wildman–Crippen LogP) is 1.52. The highest BCUT2D eigenvalue weighted by atomic mass is 16.3. The minimum atomic E-state index is -0.824. The average Bonchev–Trinajstić information content (AvgIpc) is 2.25. The molecule has 3 N–H and O–H groups in total. The van der Waals surface area contributed by atoms with Gasteiger partial charge in [-0.25, -0.2) is 0 Å². The van der Waals surface area contributed by atoms with Gasteiger partial charge in [-0.3, -0.25) is 0 Å². The number of benzene rings is 1. The summed E-state index contributed by atoms with van der Waals surface area (Å²) in [4.78, 5) is 0. The van der Waals surface area contributed by atoms with Crippen LogP contribution in [0, 0.1) is 5.41 Å². The highest BCUT2D eigenvalue weighted by molar-refractivity contribution is 5.44. The van der Waals surface area contributed by atoms with E-state index in [0.717, 1.165) is 24.1 Å². The van der Waals surface area contributed by atoms with Gasteiger partial charge in [-0.2, -0.15) is 0 Å². The third-order valence-electron chi connectivity index (χ3n) is 4.78. The monoisotopic (exact) mass is 233 g/mol. The first-order valence-electron chi connectivity index (χ1n) is 6.23. The van der Waals surface area contributed by atoms with Crippen LogP contribution in [0.2, 0.25) is 0 Å². The van der Waals surface area contributed by atoms with E-state index in [2.05, 4.69) is 19.2 Å². The molecule has 1 saturated heterocycles. The van der Waals surface area contributed by atoms with Gasteiger partial charge in [0.1, 0.15) is 5.75 Å². The van der Waals surface area contributed by atoms with Gasteiger partial charge in [0.25, 0.3) is 0 Å². The topological polar surface area (TPSA) is 52.5 Å². The van der Waals surface area contributed by atoms with E-state index in [4.69, 9.17) is 0 Å². The molecular formula is C14H19NO2.